The fourth-order valence-corrected chi connectivity index (χ4v) is 3.67. The van der Waals surface area contributed by atoms with E-state index in [9.17, 15) is 9.59 Å². The quantitative estimate of drug-likeness (QED) is 0.589. The van der Waals surface area contributed by atoms with E-state index in [4.69, 9.17) is 0 Å². The summed E-state index contributed by atoms with van der Waals surface area (Å²) < 4.78 is 0. The number of carbonyl (C=O) groups excluding carboxylic acids is 2. The lowest BCUT2D eigenvalue weighted by Gasteiger charge is -2.20. The molecule has 0 saturated carbocycles. The van der Waals surface area contributed by atoms with Crippen molar-refractivity contribution in [3.05, 3.63) is 93.8 Å². The first kappa shape index (κ1) is 19.8. The van der Waals surface area contributed by atoms with Crippen molar-refractivity contribution in [2.75, 3.05) is 6.54 Å². The highest BCUT2D eigenvalue weighted by Crippen LogP contribution is 2.23. The molecule has 1 aromatic heterocycles. The molecule has 0 radical (unpaired) electrons. The zero-order valence-electron chi connectivity index (χ0n) is 16.8. The van der Waals surface area contributed by atoms with Crippen molar-refractivity contribution in [2.45, 2.75) is 33.7 Å². The first-order valence-corrected chi connectivity index (χ1v) is 9.46. The standard InChI is InChI=1S/C24H26N2O2/c1-15-10-12-20(13-11-15)24(19-8-6-5-7-9-19)25-14-21(28)23-16(2)22(18(4)27)17(3)26-23/h5-13,24-26H,14H2,1-4H3/t24-/m0/s1. The maximum absolute atomic E-state index is 12.9. The normalized spacial score (nSPS) is 12.0. The van der Waals surface area contributed by atoms with E-state index < -0.39 is 0 Å². The van der Waals surface area contributed by atoms with E-state index in [0.717, 1.165) is 22.4 Å². The summed E-state index contributed by atoms with van der Waals surface area (Å²) in [7, 11) is 0. The molecule has 28 heavy (non-hydrogen) atoms. The average Bonchev–Trinajstić information content (AvgIpc) is 2.98. The number of aromatic nitrogens is 1. The van der Waals surface area contributed by atoms with Gasteiger partial charge >= 0.3 is 0 Å². The number of ketones is 2. The highest BCUT2D eigenvalue weighted by atomic mass is 16.1. The van der Waals surface area contributed by atoms with Gasteiger partial charge in [-0.05, 0) is 44.4 Å². The second kappa shape index (κ2) is 8.36. The van der Waals surface area contributed by atoms with Crippen LogP contribution in [-0.4, -0.2) is 23.1 Å². The molecular weight excluding hydrogens is 348 g/mol. The van der Waals surface area contributed by atoms with Crippen LogP contribution in [0.4, 0.5) is 0 Å². The number of aryl methyl sites for hydroxylation is 2. The van der Waals surface area contributed by atoms with Gasteiger partial charge in [-0.3, -0.25) is 14.9 Å². The van der Waals surface area contributed by atoms with Gasteiger partial charge in [-0.25, -0.2) is 0 Å². The van der Waals surface area contributed by atoms with Gasteiger partial charge in [0.05, 0.1) is 18.3 Å². The van der Waals surface area contributed by atoms with Gasteiger partial charge in [0.1, 0.15) is 0 Å². The number of H-pyrrole nitrogens is 1. The zero-order valence-corrected chi connectivity index (χ0v) is 16.8. The molecule has 144 valence electrons. The summed E-state index contributed by atoms with van der Waals surface area (Å²) in [4.78, 5) is 27.8. The summed E-state index contributed by atoms with van der Waals surface area (Å²) in [5, 5.41) is 3.40. The summed E-state index contributed by atoms with van der Waals surface area (Å²) in [6.07, 6.45) is 0. The van der Waals surface area contributed by atoms with Crippen LogP contribution in [0.2, 0.25) is 0 Å². The number of Topliss-reactive ketones (excluding diaryl/α,β-unsaturated/α-hetero) is 2. The van der Waals surface area contributed by atoms with Crippen LogP contribution in [0.3, 0.4) is 0 Å². The minimum Gasteiger partial charge on any atom is -0.355 e. The van der Waals surface area contributed by atoms with Crippen LogP contribution in [0.25, 0.3) is 0 Å². The Morgan fingerprint density at radius 2 is 1.54 bits per heavy atom. The third-order valence-electron chi connectivity index (χ3n) is 5.08. The molecule has 0 saturated heterocycles. The van der Waals surface area contributed by atoms with Crippen molar-refractivity contribution in [2.24, 2.45) is 0 Å². The SMILES string of the molecule is CC(=O)c1c(C)[nH]c(C(=O)CN[C@@H](c2ccccc2)c2ccc(C)cc2)c1C. The largest absolute Gasteiger partial charge is 0.355 e. The lowest BCUT2D eigenvalue weighted by atomic mass is 9.97. The monoisotopic (exact) mass is 374 g/mol. The molecule has 4 nitrogen and oxygen atoms in total. The van der Waals surface area contributed by atoms with Crippen LogP contribution in [0.5, 0.6) is 0 Å². The molecule has 0 aliphatic heterocycles. The molecule has 0 amide bonds. The Morgan fingerprint density at radius 3 is 2.11 bits per heavy atom. The van der Waals surface area contributed by atoms with Crippen molar-refractivity contribution in [3.63, 3.8) is 0 Å². The molecule has 1 atom stereocenters. The summed E-state index contributed by atoms with van der Waals surface area (Å²) in [5.41, 5.74) is 5.99. The van der Waals surface area contributed by atoms with Crippen molar-refractivity contribution < 1.29 is 9.59 Å². The van der Waals surface area contributed by atoms with E-state index in [1.54, 1.807) is 0 Å². The van der Waals surface area contributed by atoms with Crippen LogP contribution in [0.1, 0.15) is 61.8 Å². The van der Waals surface area contributed by atoms with Crippen molar-refractivity contribution in [1.82, 2.24) is 10.3 Å². The molecule has 4 heteroatoms. The Morgan fingerprint density at radius 1 is 0.929 bits per heavy atom. The van der Waals surface area contributed by atoms with Crippen molar-refractivity contribution in [3.8, 4) is 0 Å². The van der Waals surface area contributed by atoms with E-state index in [1.807, 2.05) is 32.0 Å². The Kier molecular flexibility index (Phi) is 5.90. The number of benzene rings is 2. The average molecular weight is 374 g/mol. The Hall–Kier alpha value is -2.98. The van der Waals surface area contributed by atoms with Gasteiger partial charge in [0.15, 0.2) is 11.6 Å². The Labute approximate surface area is 166 Å². The smallest absolute Gasteiger partial charge is 0.193 e. The molecule has 0 fully saturated rings. The number of hydrogen-bond acceptors (Lipinski definition) is 3. The van der Waals surface area contributed by atoms with Crippen molar-refractivity contribution >= 4 is 11.6 Å². The highest BCUT2D eigenvalue weighted by molar-refractivity contribution is 6.03. The van der Waals surface area contributed by atoms with Gasteiger partial charge in [-0.1, -0.05) is 60.2 Å². The predicted octanol–water partition coefficient (Wildman–Crippen LogP) is 4.70. The van der Waals surface area contributed by atoms with E-state index in [1.165, 1.54) is 12.5 Å². The number of rotatable bonds is 7. The van der Waals surface area contributed by atoms with Gasteiger partial charge in [-0.15, -0.1) is 0 Å². The third-order valence-corrected chi connectivity index (χ3v) is 5.08. The molecule has 2 N–H and O–H groups in total. The molecular formula is C24H26N2O2. The molecule has 0 aliphatic carbocycles. The molecule has 0 aliphatic rings. The minimum atomic E-state index is -0.0885. The maximum atomic E-state index is 12.9. The topological polar surface area (TPSA) is 62.0 Å². The van der Waals surface area contributed by atoms with Crippen molar-refractivity contribution in [1.29, 1.82) is 0 Å². The fourth-order valence-electron chi connectivity index (χ4n) is 3.67. The van der Waals surface area contributed by atoms with Gasteiger partial charge in [0, 0.05) is 11.3 Å². The molecule has 3 rings (SSSR count). The fraction of sp³-hybridized carbons (Fsp3) is 0.250. The predicted molar refractivity (Wildman–Crippen MR) is 112 cm³/mol. The number of nitrogens with one attached hydrogen (secondary N) is 2. The Bertz CT molecular complexity index is 985. The van der Waals surface area contributed by atoms with Crippen LogP contribution in [0, 0.1) is 20.8 Å². The molecule has 1 heterocycles. The van der Waals surface area contributed by atoms with Crippen LogP contribution in [0.15, 0.2) is 54.6 Å². The van der Waals surface area contributed by atoms with Crippen LogP contribution >= 0.6 is 0 Å². The molecule has 0 unspecified atom stereocenters. The summed E-state index contributed by atoms with van der Waals surface area (Å²) in [6, 6.07) is 18.3. The molecule has 0 spiro atoms. The van der Waals surface area contributed by atoms with Gasteiger partial charge < -0.3 is 4.98 Å². The summed E-state index contributed by atoms with van der Waals surface area (Å²) in [5.74, 6) is -0.0822. The third kappa shape index (κ3) is 4.12. The lowest BCUT2D eigenvalue weighted by Crippen LogP contribution is -2.29. The Balaban J connectivity index is 1.84. The van der Waals surface area contributed by atoms with Crippen LogP contribution in [-0.2, 0) is 0 Å². The maximum Gasteiger partial charge on any atom is 0.193 e. The van der Waals surface area contributed by atoms with E-state index in [2.05, 4.69) is 53.6 Å². The second-order valence-corrected chi connectivity index (χ2v) is 7.24. The van der Waals surface area contributed by atoms with E-state index >= 15 is 0 Å². The van der Waals surface area contributed by atoms with Gasteiger partial charge in [-0.2, -0.15) is 0 Å². The number of hydrogen-bond donors (Lipinski definition) is 2. The number of carbonyl (C=O) groups is 2. The molecule has 0 bridgehead atoms. The first-order chi connectivity index (χ1) is 13.4. The summed E-state index contributed by atoms with van der Waals surface area (Å²) >= 11 is 0. The highest BCUT2D eigenvalue weighted by Gasteiger charge is 2.21. The van der Waals surface area contributed by atoms with E-state index in [0.29, 0.717) is 11.3 Å². The molecule has 2 aromatic carbocycles. The second-order valence-electron chi connectivity index (χ2n) is 7.24. The van der Waals surface area contributed by atoms with E-state index in [-0.39, 0.29) is 24.2 Å². The molecule has 3 aromatic rings. The van der Waals surface area contributed by atoms with Gasteiger partial charge in [0.25, 0.3) is 0 Å². The first-order valence-electron chi connectivity index (χ1n) is 9.46. The number of aromatic amines is 1. The minimum absolute atomic E-state index is 0.0277. The van der Waals surface area contributed by atoms with Gasteiger partial charge in [0.2, 0.25) is 0 Å². The summed E-state index contributed by atoms with van der Waals surface area (Å²) in [6.45, 7) is 7.40. The zero-order chi connectivity index (χ0) is 20.3. The lowest BCUT2D eigenvalue weighted by molar-refractivity contribution is 0.0983. The van der Waals surface area contributed by atoms with Crippen LogP contribution < -0.4 is 5.32 Å².